The lowest BCUT2D eigenvalue weighted by molar-refractivity contribution is 0.145. The fourth-order valence-corrected chi connectivity index (χ4v) is 2.58. The summed E-state index contributed by atoms with van der Waals surface area (Å²) in [6, 6.07) is 1.91. The summed E-state index contributed by atoms with van der Waals surface area (Å²) < 4.78 is 14.4. The van der Waals surface area contributed by atoms with E-state index in [1.165, 1.54) is 0 Å². The third-order valence-electron chi connectivity index (χ3n) is 2.66. The molecule has 1 nitrogen and oxygen atoms in total. The van der Waals surface area contributed by atoms with Crippen molar-refractivity contribution in [1.29, 1.82) is 0 Å². The highest BCUT2D eigenvalue weighted by Crippen LogP contribution is 2.36. The van der Waals surface area contributed by atoms with E-state index < -0.39 is 5.67 Å². The Balaban J connectivity index is 2.17. The molecule has 0 bridgehead atoms. The maximum Gasteiger partial charge on any atom is 0.138 e. The summed E-state index contributed by atoms with van der Waals surface area (Å²) in [6.45, 7) is 1.75. The molecule has 0 aliphatic carbocycles. The second kappa shape index (κ2) is 3.76. The van der Waals surface area contributed by atoms with Crippen LogP contribution in [0.25, 0.3) is 0 Å². The van der Waals surface area contributed by atoms with Gasteiger partial charge in [0.2, 0.25) is 0 Å². The lowest BCUT2D eigenvalue weighted by atomic mass is 9.91. The van der Waals surface area contributed by atoms with Gasteiger partial charge in [-0.05, 0) is 54.7 Å². The number of nitrogens with one attached hydrogen (secondary N) is 1. The topological polar surface area (TPSA) is 12.0 Å². The summed E-state index contributed by atoms with van der Waals surface area (Å²) in [7, 11) is 0. The molecule has 1 aliphatic rings. The molecule has 0 radical (unpaired) electrons. The van der Waals surface area contributed by atoms with Gasteiger partial charge in [-0.3, -0.25) is 0 Å². The minimum atomic E-state index is -1.07. The van der Waals surface area contributed by atoms with Crippen LogP contribution in [0.15, 0.2) is 16.8 Å². The van der Waals surface area contributed by atoms with Gasteiger partial charge in [0.25, 0.3) is 0 Å². The molecule has 0 spiro atoms. The minimum absolute atomic E-state index is 0.615. The maximum absolute atomic E-state index is 14.4. The molecule has 3 heteroatoms. The number of thiophene rings is 1. The van der Waals surface area contributed by atoms with Gasteiger partial charge in [0, 0.05) is 0 Å². The van der Waals surface area contributed by atoms with Crippen LogP contribution < -0.4 is 5.32 Å². The van der Waals surface area contributed by atoms with Crippen molar-refractivity contribution in [3.63, 3.8) is 0 Å². The zero-order valence-corrected chi connectivity index (χ0v) is 8.37. The molecule has 1 aliphatic heterocycles. The first kappa shape index (κ1) is 9.16. The van der Waals surface area contributed by atoms with Crippen LogP contribution >= 0.6 is 11.3 Å². The van der Waals surface area contributed by atoms with E-state index in [4.69, 9.17) is 0 Å². The average molecular weight is 199 g/mol. The molecule has 1 saturated heterocycles. The molecule has 13 heavy (non-hydrogen) atoms. The van der Waals surface area contributed by atoms with E-state index in [-0.39, 0.29) is 0 Å². The number of halogens is 1. The summed E-state index contributed by atoms with van der Waals surface area (Å²) in [4.78, 5) is 0. The van der Waals surface area contributed by atoms with Crippen LogP contribution in [-0.4, -0.2) is 13.1 Å². The molecule has 1 N–H and O–H groups in total. The van der Waals surface area contributed by atoms with Gasteiger partial charge in [0.05, 0.1) is 0 Å². The van der Waals surface area contributed by atoms with Gasteiger partial charge in [-0.25, -0.2) is 4.39 Å². The Labute approximate surface area is 82.0 Å². The predicted molar refractivity (Wildman–Crippen MR) is 53.8 cm³/mol. The normalized spacial score (nSPS) is 29.9. The lowest BCUT2D eigenvalue weighted by Crippen LogP contribution is -2.21. The monoisotopic (exact) mass is 199 g/mol. The Morgan fingerprint density at radius 2 is 2.31 bits per heavy atom. The van der Waals surface area contributed by atoms with Crippen molar-refractivity contribution in [3.8, 4) is 0 Å². The van der Waals surface area contributed by atoms with Crippen LogP contribution in [0.2, 0.25) is 0 Å². The first-order valence-electron chi connectivity index (χ1n) is 4.74. The number of alkyl halides is 1. The molecule has 2 heterocycles. The number of hydrogen-bond acceptors (Lipinski definition) is 2. The molecule has 0 amide bonds. The molecule has 1 aromatic rings. The third-order valence-corrected chi connectivity index (χ3v) is 3.35. The quantitative estimate of drug-likeness (QED) is 0.733. The summed E-state index contributed by atoms with van der Waals surface area (Å²) in [5, 5.41) is 7.12. The Kier molecular flexibility index (Phi) is 2.65. The first-order chi connectivity index (χ1) is 6.31. The highest BCUT2D eigenvalue weighted by atomic mass is 32.1. The van der Waals surface area contributed by atoms with Crippen molar-refractivity contribution in [1.82, 2.24) is 5.32 Å². The highest BCUT2D eigenvalue weighted by Gasteiger charge is 2.32. The van der Waals surface area contributed by atoms with Gasteiger partial charge in [-0.15, -0.1) is 0 Å². The van der Waals surface area contributed by atoms with E-state index in [9.17, 15) is 4.39 Å². The Bertz CT molecular complexity index is 250. The molecule has 72 valence electrons. The zero-order chi connectivity index (χ0) is 9.15. The van der Waals surface area contributed by atoms with Crippen LogP contribution in [0.1, 0.15) is 24.8 Å². The smallest absolute Gasteiger partial charge is 0.138 e. The van der Waals surface area contributed by atoms with E-state index in [1.54, 1.807) is 11.3 Å². The number of hydrogen-bond donors (Lipinski definition) is 1. The summed E-state index contributed by atoms with van der Waals surface area (Å²) in [5.74, 6) is 0. The van der Waals surface area contributed by atoms with Crippen molar-refractivity contribution < 1.29 is 4.39 Å². The number of rotatable bonds is 1. The van der Waals surface area contributed by atoms with E-state index in [0.29, 0.717) is 12.8 Å². The largest absolute Gasteiger partial charge is 0.317 e. The fourth-order valence-electron chi connectivity index (χ4n) is 1.84. The van der Waals surface area contributed by atoms with Crippen molar-refractivity contribution in [2.45, 2.75) is 24.9 Å². The van der Waals surface area contributed by atoms with Crippen LogP contribution in [0.5, 0.6) is 0 Å². The first-order valence-corrected chi connectivity index (χ1v) is 5.68. The van der Waals surface area contributed by atoms with Crippen molar-refractivity contribution in [2.24, 2.45) is 0 Å². The molecule has 1 atom stereocenters. The third kappa shape index (κ3) is 1.92. The SMILES string of the molecule is FC1(c2ccsc2)CCCNCC1. The van der Waals surface area contributed by atoms with Gasteiger partial charge < -0.3 is 5.32 Å². The molecule has 1 aromatic heterocycles. The molecule has 2 rings (SSSR count). The zero-order valence-electron chi connectivity index (χ0n) is 7.55. The molecular formula is C10H14FNS. The van der Waals surface area contributed by atoms with E-state index in [0.717, 1.165) is 25.1 Å². The minimum Gasteiger partial charge on any atom is -0.317 e. The van der Waals surface area contributed by atoms with Gasteiger partial charge in [-0.1, -0.05) is 0 Å². The Morgan fingerprint density at radius 3 is 3.08 bits per heavy atom. The average Bonchev–Trinajstić information content (AvgIpc) is 2.57. The Morgan fingerprint density at radius 1 is 1.38 bits per heavy atom. The predicted octanol–water partition coefficient (Wildman–Crippen LogP) is 2.69. The fraction of sp³-hybridized carbons (Fsp3) is 0.600. The summed E-state index contributed by atoms with van der Waals surface area (Å²) >= 11 is 1.58. The highest BCUT2D eigenvalue weighted by molar-refractivity contribution is 7.08. The van der Waals surface area contributed by atoms with E-state index >= 15 is 0 Å². The van der Waals surface area contributed by atoms with Crippen molar-refractivity contribution >= 4 is 11.3 Å². The van der Waals surface area contributed by atoms with Crippen LogP contribution in [0, 0.1) is 0 Å². The van der Waals surface area contributed by atoms with Gasteiger partial charge in [-0.2, -0.15) is 11.3 Å². The maximum atomic E-state index is 14.4. The second-order valence-corrected chi connectivity index (χ2v) is 4.36. The van der Waals surface area contributed by atoms with Crippen molar-refractivity contribution in [2.75, 3.05) is 13.1 Å². The van der Waals surface area contributed by atoms with Gasteiger partial charge in [0.15, 0.2) is 0 Å². The second-order valence-electron chi connectivity index (χ2n) is 3.58. The van der Waals surface area contributed by atoms with Crippen molar-refractivity contribution in [3.05, 3.63) is 22.4 Å². The standard InChI is InChI=1S/C10H14FNS/c11-10(9-2-7-13-8-9)3-1-5-12-6-4-10/h2,7-8,12H,1,3-6H2. The van der Waals surface area contributed by atoms with Gasteiger partial charge >= 0.3 is 0 Å². The van der Waals surface area contributed by atoms with E-state index in [1.807, 2.05) is 16.8 Å². The van der Waals surface area contributed by atoms with Gasteiger partial charge in [0.1, 0.15) is 5.67 Å². The molecule has 0 saturated carbocycles. The lowest BCUT2D eigenvalue weighted by Gasteiger charge is -2.21. The summed E-state index contributed by atoms with van der Waals surface area (Å²) in [5.41, 5.74) is -0.190. The Hall–Kier alpha value is -0.410. The molecule has 1 unspecified atom stereocenters. The van der Waals surface area contributed by atoms with Crippen LogP contribution in [-0.2, 0) is 5.67 Å². The molecule has 1 fully saturated rings. The van der Waals surface area contributed by atoms with E-state index in [2.05, 4.69) is 5.32 Å². The summed E-state index contributed by atoms with van der Waals surface area (Å²) in [6.07, 6.45) is 2.22. The molecule has 0 aromatic carbocycles. The molecular weight excluding hydrogens is 185 g/mol. The van der Waals surface area contributed by atoms with Crippen LogP contribution in [0.3, 0.4) is 0 Å². The van der Waals surface area contributed by atoms with Crippen LogP contribution in [0.4, 0.5) is 4.39 Å².